The third-order valence-electron chi connectivity index (χ3n) is 6.42. The highest BCUT2D eigenvalue weighted by molar-refractivity contribution is 5.91. The maximum Gasteiger partial charge on any atom is 0.337 e. The van der Waals surface area contributed by atoms with Gasteiger partial charge in [0.05, 0.1) is 48.8 Å². The molecule has 0 spiro atoms. The second kappa shape index (κ2) is 14.5. The molecule has 0 aliphatic carbocycles. The van der Waals surface area contributed by atoms with Gasteiger partial charge in [0.2, 0.25) is 0 Å². The molecule has 2 N–H and O–H groups in total. The molecule has 1 unspecified atom stereocenters. The molecule has 0 heterocycles. The Bertz CT molecular complexity index is 1170. The van der Waals surface area contributed by atoms with Gasteiger partial charge in [-0.1, -0.05) is 43.9 Å². The molecule has 0 bridgehead atoms. The molecule has 38 heavy (non-hydrogen) atoms. The van der Waals surface area contributed by atoms with E-state index in [9.17, 15) is 19.8 Å². The average Bonchev–Trinajstić information content (AvgIpc) is 2.92. The molecule has 0 radical (unpaired) electrons. The molecular weight excluding hydrogens is 484 g/mol. The van der Waals surface area contributed by atoms with Crippen LogP contribution in [0, 0.1) is 0 Å². The fourth-order valence-corrected chi connectivity index (χ4v) is 4.35. The van der Waals surface area contributed by atoms with E-state index in [1.807, 2.05) is 36.0 Å². The van der Waals surface area contributed by atoms with Crippen molar-refractivity contribution in [2.24, 2.45) is 0 Å². The van der Waals surface area contributed by atoms with Crippen molar-refractivity contribution in [2.45, 2.75) is 38.3 Å². The number of phenols is 2. The summed E-state index contributed by atoms with van der Waals surface area (Å²) in [4.78, 5) is 27.8. The SMILES string of the molecule is C=C/C=C\CC([C@@H](C/C=C\CC)N(C)c1ccc(C(=O)OC)cc1O)N(C)c1ccc(C(=O)OC)cc1O. The van der Waals surface area contributed by atoms with E-state index >= 15 is 0 Å². The van der Waals surface area contributed by atoms with Gasteiger partial charge in [-0.3, -0.25) is 0 Å². The van der Waals surface area contributed by atoms with E-state index in [-0.39, 0.29) is 34.7 Å². The lowest BCUT2D eigenvalue weighted by Gasteiger charge is -2.41. The van der Waals surface area contributed by atoms with Crippen LogP contribution in [0.15, 0.2) is 73.4 Å². The number of hydrogen-bond acceptors (Lipinski definition) is 8. The number of aromatic hydroxyl groups is 2. The predicted octanol–water partition coefficient (Wildman–Crippen LogP) is 5.47. The number of allylic oxidation sites excluding steroid dienone is 3. The Balaban J connectivity index is 2.57. The zero-order valence-electron chi connectivity index (χ0n) is 22.8. The molecule has 2 atom stereocenters. The van der Waals surface area contributed by atoms with Gasteiger partial charge in [-0.2, -0.15) is 0 Å². The number of ether oxygens (including phenoxy) is 2. The van der Waals surface area contributed by atoms with Crippen molar-refractivity contribution >= 4 is 23.3 Å². The zero-order chi connectivity index (χ0) is 28.2. The maximum absolute atomic E-state index is 11.9. The van der Waals surface area contributed by atoms with Crippen LogP contribution in [0.1, 0.15) is 46.9 Å². The van der Waals surface area contributed by atoms with E-state index in [1.54, 1.807) is 30.3 Å². The number of carbonyl (C=O) groups excluding carboxylic acids is 2. The summed E-state index contributed by atoms with van der Waals surface area (Å²) in [5, 5.41) is 21.7. The Morgan fingerprint density at radius 1 is 0.842 bits per heavy atom. The molecule has 0 saturated carbocycles. The smallest absolute Gasteiger partial charge is 0.337 e. The molecule has 0 aliphatic rings. The lowest BCUT2D eigenvalue weighted by atomic mass is 9.96. The van der Waals surface area contributed by atoms with Crippen LogP contribution in [-0.4, -0.2) is 62.6 Å². The third kappa shape index (κ3) is 7.41. The van der Waals surface area contributed by atoms with E-state index in [4.69, 9.17) is 9.47 Å². The lowest BCUT2D eigenvalue weighted by Crippen LogP contribution is -2.49. The Labute approximate surface area is 225 Å². The molecular formula is C30H38N2O6. The van der Waals surface area contributed by atoms with Crippen molar-refractivity contribution in [3.05, 3.63) is 84.5 Å². The fourth-order valence-electron chi connectivity index (χ4n) is 4.35. The van der Waals surface area contributed by atoms with Crippen molar-refractivity contribution in [1.29, 1.82) is 0 Å². The molecule has 0 aromatic heterocycles. The first-order valence-corrected chi connectivity index (χ1v) is 12.4. The molecule has 0 fully saturated rings. The number of hydrogen-bond donors (Lipinski definition) is 2. The fraction of sp³-hybridized carbons (Fsp3) is 0.333. The van der Waals surface area contributed by atoms with Crippen LogP contribution < -0.4 is 9.80 Å². The zero-order valence-corrected chi connectivity index (χ0v) is 22.8. The second-order valence-corrected chi connectivity index (χ2v) is 8.76. The van der Waals surface area contributed by atoms with Crippen molar-refractivity contribution in [2.75, 3.05) is 38.1 Å². The second-order valence-electron chi connectivity index (χ2n) is 8.76. The first kappa shape index (κ1) is 30.0. The van der Waals surface area contributed by atoms with Crippen LogP contribution >= 0.6 is 0 Å². The van der Waals surface area contributed by atoms with Crippen LogP contribution in [0.4, 0.5) is 11.4 Å². The summed E-state index contributed by atoms with van der Waals surface area (Å²) in [6, 6.07) is 9.03. The highest BCUT2D eigenvalue weighted by atomic mass is 16.5. The Morgan fingerprint density at radius 2 is 1.29 bits per heavy atom. The quantitative estimate of drug-likeness (QED) is 0.203. The Morgan fingerprint density at radius 3 is 1.66 bits per heavy atom. The highest BCUT2D eigenvalue weighted by Gasteiger charge is 2.30. The minimum atomic E-state index is -0.534. The van der Waals surface area contributed by atoms with Gasteiger partial charge >= 0.3 is 11.9 Å². The maximum atomic E-state index is 11.9. The van der Waals surface area contributed by atoms with E-state index in [1.165, 1.54) is 26.4 Å². The minimum Gasteiger partial charge on any atom is -0.506 e. The summed E-state index contributed by atoms with van der Waals surface area (Å²) in [6.07, 6.45) is 11.9. The summed E-state index contributed by atoms with van der Waals surface area (Å²) in [5.74, 6) is -1.17. The molecule has 8 heteroatoms. The van der Waals surface area contributed by atoms with Gasteiger partial charge in [0.1, 0.15) is 11.5 Å². The summed E-state index contributed by atoms with van der Waals surface area (Å²) >= 11 is 0. The van der Waals surface area contributed by atoms with E-state index in [0.29, 0.717) is 24.2 Å². The molecule has 8 nitrogen and oxygen atoms in total. The van der Waals surface area contributed by atoms with Gasteiger partial charge < -0.3 is 29.5 Å². The number of anilines is 2. The molecule has 2 aromatic carbocycles. The van der Waals surface area contributed by atoms with Gasteiger partial charge in [-0.05, 0) is 55.7 Å². The first-order valence-electron chi connectivity index (χ1n) is 12.4. The summed E-state index contributed by atoms with van der Waals surface area (Å²) < 4.78 is 9.54. The van der Waals surface area contributed by atoms with Crippen LogP contribution in [-0.2, 0) is 9.47 Å². The summed E-state index contributed by atoms with van der Waals surface area (Å²) in [7, 11) is 6.35. The number of methoxy groups -OCH3 is 2. The number of esters is 2. The van der Waals surface area contributed by atoms with Crippen LogP contribution in [0.25, 0.3) is 0 Å². The largest absolute Gasteiger partial charge is 0.506 e. The molecule has 204 valence electrons. The average molecular weight is 523 g/mol. The Hall–Kier alpha value is -4.20. The van der Waals surface area contributed by atoms with E-state index < -0.39 is 11.9 Å². The summed E-state index contributed by atoms with van der Waals surface area (Å²) in [5.41, 5.74) is 1.59. The van der Waals surface area contributed by atoms with Crippen molar-refractivity contribution in [1.82, 2.24) is 0 Å². The topological polar surface area (TPSA) is 99.5 Å². The first-order chi connectivity index (χ1) is 18.2. The van der Waals surface area contributed by atoms with Crippen molar-refractivity contribution in [3.63, 3.8) is 0 Å². The van der Waals surface area contributed by atoms with Crippen molar-refractivity contribution in [3.8, 4) is 11.5 Å². The number of rotatable bonds is 13. The minimum absolute atomic E-state index is 0.0480. The van der Waals surface area contributed by atoms with E-state index in [2.05, 4.69) is 25.7 Å². The lowest BCUT2D eigenvalue weighted by molar-refractivity contribution is 0.0591. The molecule has 0 amide bonds. The predicted molar refractivity (Wildman–Crippen MR) is 151 cm³/mol. The van der Waals surface area contributed by atoms with Crippen LogP contribution in [0.5, 0.6) is 11.5 Å². The van der Waals surface area contributed by atoms with Gasteiger partial charge in [-0.15, -0.1) is 0 Å². The Kier molecular flexibility index (Phi) is 11.5. The molecule has 2 aromatic rings. The highest BCUT2D eigenvalue weighted by Crippen LogP contribution is 2.35. The number of likely N-dealkylation sites (N-methyl/N-ethyl adjacent to an activating group) is 2. The third-order valence-corrected chi connectivity index (χ3v) is 6.42. The molecule has 0 saturated heterocycles. The van der Waals surface area contributed by atoms with E-state index in [0.717, 1.165) is 6.42 Å². The van der Waals surface area contributed by atoms with Gasteiger partial charge in [0, 0.05) is 14.1 Å². The number of phenolic OH excluding ortho intramolecular Hbond substituents is 2. The normalized spacial score (nSPS) is 12.8. The molecule has 0 aliphatic heterocycles. The van der Waals surface area contributed by atoms with Gasteiger partial charge in [-0.25, -0.2) is 9.59 Å². The number of carbonyl (C=O) groups is 2. The van der Waals surface area contributed by atoms with Gasteiger partial charge in [0.15, 0.2) is 0 Å². The standard InChI is InChI=1S/C30H38N2O6/c1-7-9-11-13-23(31(3)25-17-15-21(19-27(25)33)29(35)37-5)24(14-12-10-8-2)32(4)26-18-16-22(20-28(26)34)30(36)38-6/h7,9-12,15-20,23-24,33-34H,1,8,13-14H2,2-6H3/b11-9-,12-10-/t23?,24-/m1/s1. The van der Waals surface area contributed by atoms with Crippen LogP contribution in [0.2, 0.25) is 0 Å². The number of benzene rings is 2. The van der Waals surface area contributed by atoms with Crippen LogP contribution in [0.3, 0.4) is 0 Å². The monoisotopic (exact) mass is 522 g/mol. The number of nitrogens with zero attached hydrogens (tertiary/aromatic N) is 2. The van der Waals surface area contributed by atoms with Crippen molar-refractivity contribution < 1.29 is 29.3 Å². The molecule has 2 rings (SSSR count). The van der Waals surface area contributed by atoms with Gasteiger partial charge in [0.25, 0.3) is 0 Å². The summed E-state index contributed by atoms with van der Waals surface area (Å²) in [6.45, 7) is 5.82.